The summed E-state index contributed by atoms with van der Waals surface area (Å²) in [5.41, 5.74) is 8.64. The van der Waals surface area contributed by atoms with Crippen LogP contribution >= 0.6 is 0 Å². The van der Waals surface area contributed by atoms with Gasteiger partial charge in [-0.15, -0.1) is 0 Å². The largest absolute Gasteiger partial charge is 0.361 e. The first kappa shape index (κ1) is 9.88. The van der Waals surface area contributed by atoms with E-state index in [1.807, 2.05) is 0 Å². The molecule has 0 heterocycles. The summed E-state index contributed by atoms with van der Waals surface area (Å²) >= 11 is 0. The van der Waals surface area contributed by atoms with Crippen molar-refractivity contribution >= 4 is 35.7 Å². The van der Waals surface area contributed by atoms with Crippen molar-refractivity contribution in [2.24, 2.45) is 11.5 Å². The Bertz CT molecular complexity index is 79.7. The molecule has 4 nitrogen and oxygen atoms in total. The van der Waals surface area contributed by atoms with Gasteiger partial charge in [0, 0.05) is 23.9 Å². The van der Waals surface area contributed by atoms with E-state index in [9.17, 15) is 9.59 Å². The molecule has 0 atom stereocenters. The number of carbonyl (C=O) groups is 2. The Labute approximate surface area is 57.2 Å². The van der Waals surface area contributed by atoms with E-state index >= 15 is 0 Å². The Morgan fingerprint density at radius 3 is 1.14 bits per heavy atom. The standard InChI is InChI=1S/C2H4N2O2.Sn/c3-1(5)2(4)6;/h(H2,3,5)(H2,4,6);. The molecule has 0 fully saturated rings. The van der Waals surface area contributed by atoms with Crippen LogP contribution in [-0.2, 0) is 9.59 Å². The summed E-state index contributed by atoms with van der Waals surface area (Å²) in [4.78, 5) is 18.9. The third-order valence-electron chi connectivity index (χ3n) is 0.243. The molecule has 0 aromatic carbocycles. The van der Waals surface area contributed by atoms with Crippen molar-refractivity contribution in [3.05, 3.63) is 0 Å². The number of hydrogen-bond acceptors (Lipinski definition) is 2. The Morgan fingerprint density at radius 2 is 1.14 bits per heavy atom. The maximum atomic E-state index is 9.45. The van der Waals surface area contributed by atoms with Crippen LogP contribution in [0, 0.1) is 0 Å². The van der Waals surface area contributed by atoms with Crippen LogP contribution in [0.25, 0.3) is 0 Å². The summed E-state index contributed by atoms with van der Waals surface area (Å²) < 4.78 is 0. The second-order valence-electron chi connectivity index (χ2n) is 0.729. The van der Waals surface area contributed by atoms with Gasteiger partial charge in [-0.2, -0.15) is 0 Å². The number of rotatable bonds is 0. The first-order chi connectivity index (χ1) is 2.64. The van der Waals surface area contributed by atoms with E-state index in [0.29, 0.717) is 0 Å². The topological polar surface area (TPSA) is 86.2 Å². The van der Waals surface area contributed by atoms with E-state index in [4.69, 9.17) is 0 Å². The van der Waals surface area contributed by atoms with Crippen molar-refractivity contribution in [3.63, 3.8) is 0 Å². The maximum absolute atomic E-state index is 9.45. The smallest absolute Gasteiger partial charge is 0.306 e. The molecule has 0 saturated carbocycles. The first-order valence-electron chi connectivity index (χ1n) is 1.24. The minimum absolute atomic E-state index is 0. The summed E-state index contributed by atoms with van der Waals surface area (Å²) in [7, 11) is 0. The molecule has 0 rings (SSSR count). The number of primary amides is 2. The molecule has 0 aliphatic rings. The van der Waals surface area contributed by atoms with Gasteiger partial charge in [0.25, 0.3) is 0 Å². The number of nitrogens with two attached hydrogens (primary N) is 2. The fourth-order valence-corrected chi connectivity index (χ4v) is 0. The third kappa shape index (κ3) is 5.74. The molecule has 0 aromatic heterocycles. The van der Waals surface area contributed by atoms with Gasteiger partial charge in [-0.1, -0.05) is 0 Å². The van der Waals surface area contributed by atoms with Crippen LogP contribution in [0.4, 0.5) is 0 Å². The van der Waals surface area contributed by atoms with Gasteiger partial charge in [-0.05, 0) is 0 Å². The summed E-state index contributed by atoms with van der Waals surface area (Å²) in [6, 6.07) is 0. The minimum Gasteiger partial charge on any atom is -0.361 e. The molecule has 0 aromatic rings. The summed E-state index contributed by atoms with van der Waals surface area (Å²) in [6.45, 7) is 0. The van der Waals surface area contributed by atoms with E-state index in [1.54, 1.807) is 0 Å². The van der Waals surface area contributed by atoms with Crippen LogP contribution in [-0.4, -0.2) is 35.7 Å². The fraction of sp³-hybridized carbons (Fsp3) is 0. The Hall–Kier alpha value is -0.261. The van der Waals surface area contributed by atoms with E-state index in [2.05, 4.69) is 11.5 Å². The molecule has 0 saturated heterocycles. The predicted octanol–water partition coefficient (Wildman–Crippen LogP) is -2.42. The van der Waals surface area contributed by atoms with E-state index < -0.39 is 11.8 Å². The molecular formula is C2H4N2O2Sn. The number of hydrogen-bond donors (Lipinski definition) is 2. The molecule has 0 bridgehead atoms. The number of amides is 2. The Kier molecular flexibility index (Phi) is 5.52. The molecule has 4 radical (unpaired) electrons. The van der Waals surface area contributed by atoms with Crippen LogP contribution in [0.3, 0.4) is 0 Å². The molecule has 0 aliphatic carbocycles. The average Bonchev–Trinajstić information content (AvgIpc) is 1.36. The Balaban J connectivity index is 0. The van der Waals surface area contributed by atoms with Gasteiger partial charge in [0.2, 0.25) is 0 Å². The summed E-state index contributed by atoms with van der Waals surface area (Å²) in [6.07, 6.45) is 0. The second-order valence-corrected chi connectivity index (χ2v) is 0.729. The second kappa shape index (κ2) is 3.91. The maximum Gasteiger partial charge on any atom is 0.306 e. The predicted molar refractivity (Wildman–Crippen MR) is 24.1 cm³/mol. The molecule has 0 unspecified atom stereocenters. The number of carbonyl (C=O) groups excluding carboxylic acids is 2. The van der Waals surface area contributed by atoms with Crippen molar-refractivity contribution in [1.29, 1.82) is 0 Å². The van der Waals surface area contributed by atoms with Crippen molar-refractivity contribution < 1.29 is 9.59 Å². The summed E-state index contributed by atoms with van der Waals surface area (Å²) in [5, 5.41) is 0. The molecular weight excluding hydrogens is 203 g/mol. The normalized spacial score (nSPS) is 6.29. The van der Waals surface area contributed by atoms with Gasteiger partial charge in [-0.3, -0.25) is 9.59 Å². The zero-order chi connectivity index (χ0) is 5.15. The van der Waals surface area contributed by atoms with E-state index in [-0.39, 0.29) is 23.9 Å². The zero-order valence-electron chi connectivity index (χ0n) is 3.47. The van der Waals surface area contributed by atoms with Crippen LogP contribution < -0.4 is 11.5 Å². The quantitative estimate of drug-likeness (QED) is 0.341. The molecule has 4 N–H and O–H groups in total. The van der Waals surface area contributed by atoms with Gasteiger partial charge in [0.1, 0.15) is 0 Å². The fourth-order valence-electron chi connectivity index (χ4n) is 0. The molecule has 0 spiro atoms. The van der Waals surface area contributed by atoms with Crippen molar-refractivity contribution in [2.45, 2.75) is 0 Å². The molecule has 38 valence electrons. The minimum atomic E-state index is -1.10. The first-order valence-corrected chi connectivity index (χ1v) is 1.24. The van der Waals surface area contributed by atoms with Crippen molar-refractivity contribution in [3.8, 4) is 0 Å². The monoisotopic (exact) mass is 208 g/mol. The van der Waals surface area contributed by atoms with Gasteiger partial charge < -0.3 is 11.5 Å². The van der Waals surface area contributed by atoms with Gasteiger partial charge in [0.15, 0.2) is 0 Å². The van der Waals surface area contributed by atoms with Crippen LogP contribution in [0.2, 0.25) is 0 Å². The molecule has 5 heteroatoms. The van der Waals surface area contributed by atoms with E-state index in [1.165, 1.54) is 0 Å². The van der Waals surface area contributed by atoms with Crippen LogP contribution in [0.15, 0.2) is 0 Å². The van der Waals surface area contributed by atoms with E-state index in [0.717, 1.165) is 0 Å². The molecule has 7 heavy (non-hydrogen) atoms. The zero-order valence-corrected chi connectivity index (χ0v) is 6.33. The van der Waals surface area contributed by atoms with Gasteiger partial charge >= 0.3 is 11.8 Å². The molecule has 2 amide bonds. The molecule has 0 aliphatic heterocycles. The third-order valence-corrected chi connectivity index (χ3v) is 0.243. The summed E-state index contributed by atoms with van der Waals surface area (Å²) in [5.74, 6) is -2.20. The van der Waals surface area contributed by atoms with Gasteiger partial charge in [0.05, 0.1) is 0 Å². The van der Waals surface area contributed by atoms with Crippen LogP contribution in [0.1, 0.15) is 0 Å². The van der Waals surface area contributed by atoms with Crippen LogP contribution in [0.5, 0.6) is 0 Å². The van der Waals surface area contributed by atoms with Crippen molar-refractivity contribution in [2.75, 3.05) is 0 Å². The van der Waals surface area contributed by atoms with Crippen molar-refractivity contribution in [1.82, 2.24) is 0 Å². The SMILES string of the molecule is NC(=O)C(N)=O.[Sn]. The Morgan fingerprint density at radius 1 is 1.00 bits per heavy atom. The van der Waals surface area contributed by atoms with Gasteiger partial charge in [-0.25, -0.2) is 0 Å². The average molecular weight is 207 g/mol.